The topological polar surface area (TPSA) is 125 Å². The molecule has 1 aliphatic rings. The first kappa shape index (κ1) is 21.2. The van der Waals surface area contributed by atoms with Gasteiger partial charge in [0.15, 0.2) is 11.5 Å². The molecular formula is C22H22N4O6. The molecule has 3 aromatic rings. The number of fused-ring (bicyclic) bond motifs is 1. The van der Waals surface area contributed by atoms with Crippen molar-refractivity contribution in [3.05, 3.63) is 54.4 Å². The number of hydrogen-bond donors (Lipinski definition) is 2. The van der Waals surface area contributed by atoms with Crippen molar-refractivity contribution in [2.45, 2.75) is 25.4 Å². The lowest BCUT2D eigenvalue weighted by Crippen LogP contribution is -2.50. The summed E-state index contributed by atoms with van der Waals surface area (Å²) in [5, 5.41) is 3.96. The number of nitrogens with zero attached hydrogens (tertiary/aromatic N) is 2. The summed E-state index contributed by atoms with van der Waals surface area (Å²) >= 11 is 0. The molecule has 166 valence electrons. The average Bonchev–Trinajstić information content (AvgIpc) is 3.31. The molecule has 4 rings (SSSR count). The summed E-state index contributed by atoms with van der Waals surface area (Å²) in [6, 6.07) is 14.4. The van der Waals surface area contributed by atoms with Crippen LogP contribution in [0.4, 0.5) is 0 Å². The number of carbonyl (C=O) groups is 2. The normalized spacial score (nSPS) is 14.5. The lowest BCUT2D eigenvalue weighted by molar-refractivity contribution is -0.135. The smallest absolute Gasteiger partial charge is 0.283 e. The fourth-order valence-corrected chi connectivity index (χ4v) is 3.04. The third-order valence-electron chi connectivity index (χ3n) is 4.74. The highest BCUT2D eigenvalue weighted by Crippen LogP contribution is 2.30. The van der Waals surface area contributed by atoms with Crippen LogP contribution in [0.3, 0.4) is 0 Å². The molecule has 1 aromatic heterocycles. The minimum atomic E-state index is -0.847. The molecule has 2 heterocycles. The first-order valence-corrected chi connectivity index (χ1v) is 10.1. The molecule has 32 heavy (non-hydrogen) atoms. The van der Waals surface area contributed by atoms with Crippen molar-refractivity contribution in [1.82, 2.24) is 21.0 Å². The number of nitrogens with one attached hydrogen (secondary N) is 2. The van der Waals surface area contributed by atoms with E-state index < -0.39 is 12.0 Å². The van der Waals surface area contributed by atoms with Gasteiger partial charge in [-0.1, -0.05) is 17.3 Å². The van der Waals surface area contributed by atoms with E-state index in [-0.39, 0.29) is 18.9 Å². The molecule has 0 bridgehead atoms. The van der Waals surface area contributed by atoms with E-state index >= 15 is 0 Å². The quantitative estimate of drug-likeness (QED) is 0.537. The van der Waals surface area contributed by atoms with Crippen molar-refractivity contribution < 1.29 is 28.3 Å². The summed E-state index contributed by atoms with van der Waals surface area (Å²) < 4.78 is 21.5. The van der Waals surface area contributed by atoms with Crippen molar-refractivity contribution >= 4 is 11.8 Å². The van der Waals surface area contributed by atoms with Crippen LogP contribution < -0.4 is 25.1 Å². The standard InChI is InChI=1S/C22H22N4O6/c1-29-15-11-9-14(10-12-15)21-23-20(32-26-21)8-4-7-19(27)24-25-22(28)18-13-30-16-5-2-3-6-17(16)31-18/h2-3,5-6,9-12,18H,4,7-8,13H2,1H3,(H,24,27)(H,25,28). The van der Waals surface area contributed by atoms with Crippen LogP contribution in [0.5, 0.6) is 17.2 Å². The molecule has 0 radical (unpaired) electrons. The Bertz CT molecular complexity index is 1080. The summed E-state index contributed by atoms with van der Waals surface area (Å²) in [6.45, 7) is 0.0619. The Labute approximate surface area is 183 Å². The first-order valence-electron chi connectivity index (χ1n) is 10.1. The van der Waals surface area contributed by atoms with Gasteiger partial charge < -0.3 is 18.7 Å². The molecule has 1 atom stereocenters. The average molecular weight is 438 g/mol. The minimum Gasteiger partial charge on any atom is -0.497 e. The van der Waals surface area contributed by atoms with Crippen molar-refractivity contribution in [3.8, 4) is 28.6 Å². The number of benzene rings is 2. The zero-order chi connectivity index (χ0) is 22.3. The van der Waals surface area contributed by atoms with Gasteiger partial charge in [0.2, 0.25) is 23.7 Å². The Balaban J connectivity index is 1.18. The number of amides is 2. The van der Waals surface area contributed by atoms with E-state index in [1.165, 1.54) is 0 Å². The second-order valence-electron chi connectivity index (χ2n) is 7.00. The van der Waals surface area contributed by atoms with Crippen LogP contribution in [0.2, 0.25) is 0 Å². The Morgan fingerprint density at radius 3 is 2.66 bits per heavy atom. The van der Waals surface area contributed by atoms with Gasteiger partial charge in [0.05, 0.1) is 7.11 Å². The van der Waals surface area contributed by atoms with Gasteiger partial charge in [-0.15, -0.1) is 0 Å². The van der Waals surface area contributed by atoms with Crippen molar-refractivity contribution in [2.75, 3.05) is 13.7 Å². The molecule has 0 spiro atoms. The summed E-state index contributed by atoms with van der Waals surface area (Å²) in [6.07, 6.45) is 0.231. The second kappa shape index (κ2) is 9.82. The molecular weight excluding hydrogens is 416 g/mol. The molecule has 1 unspecified atom stereocenters. The first-order chi connectivity index (χ1) is 15.6. The number of methoxy groups -OCH3 is 1. The highest BCUT2D eigenvalue weighted by molar-refractivity contribution is 5.85. The number of aromatic nitrogens is 2. The van der Waals surface area contributed by atoms with Crippen molar-refractivity contribution in [2.24, 2.45) is 0 Å². The van der Waals surface area contributed by atoms with Crippen LogP contribution in [0, 0.1) is 0 Å². The largest absolute Gasteiger partial charge is 0.497 e. The Kier molecular flexibility index (Phi) is 6.49. The van der Waals surface area contributed by atoms with Crippen molar-refractivity contribution in [3.63, 3.8) is 0 Å². The second-order valence-corrected chi connectivity index (χ2v) is 7.00. The zero-order valence-electron chi connectivity index (χ0n) is 17.4. The Hall–Kier alpha value is -4.08. The number of para-hydroxylation sites is 2. The number of ether oxygens (including phenoxy) is 3. The summed E-state index contributed by atoms with van der Waals surface area (Å²) in [5.74, 6) is 1.87. The molecule has 2 aromatic carbocycles. The third kappa shape index (κ3) is 5.15. The Morgan fingerprint density at radius 1 is 1.09 bits per heavy atom. The number of aryl methyl sites for hydroxylation is 1. The molecule has 2 N–H and O–H groups in total. The molecule has 10 nitrogen and oxygen atoms in total. The van der Waals surface area contributed by atoms with Gasteiger partial charge in [-0.2, -0.15) is 4.98 Å². The monoisotopic (exact) mass is 438 g/mol. The lowest BCUT2D eigenvalue weighted by Gasteiger charge is -2.25. The van der Waals surface area contributed by atoms with Crippen LogP contribution in [-0.4, -0.2) is 41.8 Å². The molecule has 0 fully saturated rings. The van der Waals surface area contributed by atoms with Gasteiger partial charge in [-0.25, -0.2) is 0 Å². The van der Waals surface area contributed by atoms with E-state index in [1.54, 1.807) is 25.3 Å². The maximum Gasteiger partial charge on any atom is 0.283 e. The summed E-state index contributed by atoms with van der Waals surface area (Å²) in [7, 11) is 1.60. The molecule has 0 saturated carbocycles. The number of carbonyl (C=O) groups excluding carboxylic acids is 2. The van der Waals surface area contributed by atoms with Crippen molar-refractivity contribution in [1.29, 1.82) is 0 Å². The van der Waals surface area contributed by atoms with Gasteiger partial charge in [-0.3, -0.25) is 20.4 Å². The zero-order valence-corrected chi connectivity index (χ0v) is 17.4. The van der Waals surface area contributed by atoms with Gasteiger partial charge >= 0.3 is 0 Å². The number of hydrazine groups is 1. The lowest BCUT2D eigenvalue weighted by atomic mass is 10.2. The van der Waals surface area contributed by atoms with Crippen LogP contribution in [0.1, 0.15) is 18.7 Å². The highest BCUT2D eigenvalue weighted by atomic mass is 16.6. The van der Waals surface area contributed by atoms with Gasteiger partial charge in [0.25, 0.3) is 5.91 Å². The maximum atomic E-state index is 12.2. The number of rotatable bonds is 7. The SMILES string of the molecule is COc1ccc(-c2noc(CCCC(=O)NNC(=O)C3COc4ccccc4O3)n2)cc1. The van der Waals surface area contributed by atoms with E-state index in [4.69, 9.17) is 18.7 Å². The van der Waals surface area contributed by atoms with Crippen LogP contribution in [-0.2, 0) is 16.0 Å². The molecule has 1 aliphatic heterocycles. The number of hydrogen-bond acceptors (Lipinski definition) is 8. The van der Waals surface area contributed by atoms with Crippen LogP contribution in [0.25, 0.3) is 11.4 Å². The summed E-state index contributed by atoms with van der Waals surface area (Å²) in [4.78, 5) is 28.6. The van der Waals surface area contributed by atoms with Crippen LogP contribution >= 0.6 is 0 Å². The third-order valence-corrected chi connectivity index (χ3v) is 4.74. The molecule has 0 saturated heterocycles. The van der Waals surface area contributed by atoms with Gasteiger partial charge in [0.1, 0.15) is 12.4 Å². The predicted octanol–water partition coefficient (Wildman–Crippen LogP) is 2.06. The Morgan fingerprint density at radius 2 is 1.88 bits per heavy atom. The van der Waals surface area contributed by atoms with E-state index in [0.717, 1.165) is 11.3 Å². The van der Waals surface area contributed by atoms with Gasteiger partial charge in [0, 0.05) is 18.4 Å². The van der Waals surface area contributed by atoms with E-state index in [9.17, 15) is 9.59 Å². The fourth-order valence-electron chi connectivity index (χ4n) is 3.04. The van der Waals surface area contributed by atoms with Crippen LogP contribution in [0.15, 0.2) is 53.1 Å². The van der Waals surface area contributed by atoms with E-state index in [2.05, 4.69) is 21.0 Å². The summed E-state index contributed by atoms with van der Waals surface area (Å²) in [5.41, 5.74) is 5.54. The predicted molar refractivity (Wildman–Crippen MR) is 112 cm³/mol. The molecule has 0 aliphatic carbocycles. The minimum absolute atomic E-state index is 0.0619. The van der Waals surface area contributed by atoms with E-state index in [0.29, 0.717) is 36.1 Å². The molecule has 10 heteroatoms. The highest BCUT2D eigenvalue weighted by Gasteiger charge is 2.27. The molecule has 2 amide bonds. The van der Waals surface area contributed by atoms with Gasteiger partial charge in [-0.05, 0) is 42.8 Å². The fraction of sp³-hybridized carbons (Fsp3) is 0.273. The maximum absolute atomic E-state index is 12.2. The van der Waals surface area contributed by atoms with E-state index in [1.807, 2.05) is 30.3 Å².